The van der Waals surface area contributed by atoms with Crippen LogP contribution in [0, 0.1) is 5.92 Å². The lowest BCUT2D eigenvalue weighted by Crippen LogP contribution is -2.32. The summed E-state index contributed by atoms with van der Waals surface area (Å²) in [5, 5.41) is 9.40. The molecule has 0 radical (unpaired) electrons. The average molecular weight is 223 g/mol. The SMILES string of the molecule is NC1CCC(C(=O)NCCc2ncn[nH]2)C1. The van der Waals surface area contributed by atoms with E-state index in [1.54, 1.807) is 0 Å². The van der Waals surface area contributed by atoms with Crippen molar-refractivity contribution in [2.75, 3.05) is 6.54 Å². The first kappa shape index (κ1) is 11.1. The van der Waals surface area contributed by atoms with Crippen LogP contribution in [0.5, 0.6) is 0 Å². The maximum Gasteiger partial charge on any atom is 0.223 e. The maximum absolute atomic E-state index is 11.7. The molecule has 1 saturated carbocycles. The Balaban J connectivity index is 1.68. The number of carbonyl (C=O) groups is 1. The van der Waals surface area contributed by atoms with Crippen LogP contribution >= 0.6 is 0 Å². The van der Waals surface area contributed by atoms with Gasteiger partial charge in [0.15, 0.2) is 0 Å². The highest BCUT2D eigenvalue weighted by Crippen LogP contribution is 2.23. The molecule has 1 amide bonds. The zero-order chi connectivity index (χ0) is 11.4. The van der Waals surface area contributed by atoms with E-state index in [0.29, 0.717) is 13.0 Å². The van der Waals surface area contributed by atoms with Crippen LogP contribution in [0.2, 0.25) is 0 Å². The Morgan fingerprint density at radius 2 is 2.50 bits per heavy atom. The molecule has 88 valence electrons. The molecule has 16 heavy (non-hydrogen) atoms. The monoisotopic (exact) mass is 223 g/mol. The van der Waals surface area contributed by atoms with E-state index in [1.165, 1.54) is 6.33 Å². The molecule has 2 rings (SSSR count). The van der Waals surface area contributed by atoms with Gasteiger partial charge in [0.05, 0.1) is 0 Å². The van der Waals surface area contributed by atoms with E-state index in [1.807, 2.05) is 0 Å². The largest absolute Gasteiger partial charge is 0.355 e. The van der Waals surface area contributed by atoms with E-state index in [9.17, 15) is 4.79 Å². The molecular weight excluding hydrogens is 206 g/mol. The lowest BCUT2D eigenvalue weighted by atomic mass is 10.1. The van der Waals surface area contributed by atoms with Crippen LogP contribution in [0.15, 0.2) is 6.33 Å². The number of aromatic amines is 1. The first-order valence-corrected chi connectivity index (χ1v) is 5.63. The summed E-state index contributed by atoms with van der Waals surface area (Å²) >= 11 is 0. The van der Waals surface area contributed by atoms with Gasteiger partial charge in [-0.1, -0.05) is 0 Å². The van der Waals surface area contributed by atoms with Crippen molar-refractivity contribution in [3.05, 3.63) is 12.2 Å². The topological polar surface area (TPSA) is 96.7 Å². The van der Waals surface area contributed by atoms with E-state index >= 15 is 0 Å². The van der Waals surface area contributed by atoms with Crippen LogP contribution in [-0.4, -0.2) is 33.7 Å². The summed E-state index contributed by atoms with van der Waals surface area (Å²) in [6.45, 7) is 0.597. The molecular formula is C10H17N5O. The van der Waals surface area contributed by atoms with Gasteiger partial charge in [-0.3, -0.25) is 9.89 Å². The standard InChI is InChI=1S/C10H17N5O/c11-8-2-1-7(5-8)10(16)12-4-3-9-13-6-14-15-9/h6-8H,1-5,11H2,(H,12,16)(H,13,14,15). The van der Waals surface area contributed by atoms with Crippen LogP contribution in [0.25, 0.3) is 0 Å². The molecule has 1 aliphatic rings. The number of rotatable bonds is 4. The highest BCUT2D eigenvalue weighted by atomic mass is 16.1. The van der Waals surface area contributed by atoms with Gasteiger partial charge in [0.2, 0.25) is 5.91 Å². The van der Waals surface area contributed by atoms with E-state index < -0.39 is 0 Å². The fourth-order valence-electron chi connectivity index (χ4n) is 2.05. The predicted molar refractivity (Wildman–Crippen MR) is 58.4 cm³/mol. The van der Waals surface area contributed by atoms with Crippen LogP contribution < -0.4 is 11.1 Å². The Labute approximate surface area is 94.0 Å². The Bertz CT molecular complexity index is 337. The van der Waals surface area contributed by atoms with Crippen molar-refractivity contribution in [2.45, 2.75) is 31.7 Å². The molecule has 2 unspecified atom stereocenters. The number of carbonyl (C=O) groups excluding carboxylic acids is 1. The molecule has 1 aromatic heterocycles. The summed E-state index contributed by atoms with van der Waals surface area (Å²) < 4.78 is 0. The normalized spacial score (nSPS) is 24.6. The summed E-state index contributed by atoms with van der Waals surface area (Å²) in [5.74, 6) is 1.01. The first-order chi connectivity index (χ1) is 7.75. The molecule has 2 atom stereocenters. The number of hydrogen-bond donors (Lipinski definition) is 3. The van der Waals surface area contributed by atoms with Gasteiger partial charge >= 0.3 is 0 Å². The van der Waals surface area contributed by atoms with Crippen LogP contribution in [-0.2, 0) is 11.2 Å². The van der Waals surface area contributed by atoms with E-state index in [4.69, 9.17) is 5.73 Å². The molecule has 1 heterocycles. The molecule has 0 spiro atoms. The highest BCUT2D eigenvalue weighted by Gasteiger charge is 2.27. The maximum atomic E-state index is 11.7. The van der Waals surface area contributed by atoms with Gasteiger partial charge in [0.25, 0.3) is 0 Å². The summed E-state index contributed by atoms with van der Waals surface area (Å²) in [5.41, 5.74) is 5.77. The zero-order valence-electron chi connectivity index (χ0n) is 9.15. The number of hydrogen-bond acceptors (Lipinski definition) is 4. The van der Waals surface area contributed by atoms with Crippen molar-refractivity contribution in [3.63, 3.8) is 0 Å². The number of amides is 1. The van der Waals surface area contributed by atoms with E-state index in [-0.39, 0.29) is 17.9 Å². The molecule has 1 aromatic rings. The minimum Gasteiger partial charge on any atom is -0.355 e. The highest BCUT2D eigenvalue weighted by molar-refractivity contribution is 5.78. The van der Waals surface area contributed by atoms with Gasteiger partial charge in [-0.25, -0.2) is 4.98 Å². The lowest BCUT2D eigenvalue weighted by Gasteiger charge is -2.09. The third-order valence-electron chi connectivity index (χ3n) is 2.97. The quantitative estimate of drug-likeness (QED) is 0.646. The number of nitrogens with one attached hydrogen (secondary N) is 2. The Morgan fingerprint density at radius 3 is 3.12 bits per heavy atom. The van der Waals surface area contributed by atoms with Crippen molar-refractivity contribution >= 4 is 5.91 Å². The Morgan fingerprint density at radius 1 is 1.62 bits per heavy atom. The Hall–Kier alpha value is -1.43. The third kappa shape index (κ3) is 2.79. The third-order valence-corrected chi connectivity index (χ3v) is 2.97. The van der Waals surface area contributed by atoms with Crippen molar-refractivity contribution in [3.8, 4) is 0 Å². The summed E-state index contributed by atoms with van der Waals surface area (Å²) in [6, 6.07) is 0.199. The van der Waals surface area contributed by atoms with Gasteiger partial charge in [-0.05, 0) is 19.3 Å². The fraction of sp³-hybridized carbons (Fsp3) is 0.700. The minimum atomic E-state index is 0.102. The average Bonchev–Trinajstić information content (AvgIpc) is 2.89. The summed E-state index contributed by atoms with van der Waals surface area (Å²) in [7, 11) is 0. The van der Waals surface area contributed by atoms with Crippen LogP contribution in [0.3, 0.4) is 0 Å². The second-order valence-electron chi connectivity index (χ2n) is 4.24. The molecule has 0 saturated heterocycles. The summed E-state index contributed by atoms with van der Waals surface area (Å²) in [4.78, 5) is 15.7. The van der Waals surface area contributed by atoms with Crippen LogP contribution in [0.4, 0.5) is 0 Å². The Kier molecular flexibility index (Phi) is 3.51. The molecule has 1 fully saturated rings. The fourth-order valence-corrected chi connectivity index (χ4v) is 2.05. The van der Waals surface area contributed by atoms with Gasteiger partial charge < -0.3 is 11.1 Å². The van der Waals surface area contributed by atoms with E-state index in [0.717, 1.165) is 25.1 Å². The zero-order valence-corrected chi connectivity index (χ0v) is 9.15. The van der Waals surface area contributed by atoms with Gasteiger partial charge in [-0.2, -0.15) is 5.10 Å². The van der Waals surface area contributed by atoms with Crippen molar-refractivity contribution in [1.82, 2.24) is 20.5 Å². The van der Waals surface area contributed by atoms with Gasteiger partial charge in [-0.15, -0.1) is 0 Å². The molecule has 0 bridgehead atoms. The van der Waals surface area contributed by atoms with Crippen molar-refractivity contribution < 1.29 is 4.79 Å². The summed E-state index contributed by atoms with van der Waals surface area (Å²) in [6.07, 6.45) is 4.83. The minimum absolute atomic E-state index is 0.102. The number of aromatic nitrogens is 3. The second kappa shape index (κ2) is 5.07. The number of nitrogens with two attached hydrogens (primary N) is 1. The first-order valence-electron chi connectivity index (χ1n) is 5.63. The lowest BCUT2D eigenvalue weighted by molar-refractivity contribution is -0.124. The molecule has 1 aliphatic carbocycles. The second-order valence-corrected chi connectivity index (χ2v) is 4.24. The van der Waals surface area contributed by atoms with Crippen LogP contribution in [0.1, 0.15) is 25.1 Å². The number of H-pyrrole nitrogens is 1. The molecule has 0 aromatic carbocycles. The molecule has 6 heteroatoms. The van der Waals surface area contributed by atoms with Gasteiger partial charge in [0.1, 0.15) is 12.2 Å². The number of nitrogens with zero attached hydrogens (tertiary/aromatic N) is 2. The van der Waals surface area contributed by atoms with Crippen molar-refractivity contribution in [2.24, 2.45) is 11.7 Å². The van der Waals surface area contributed by atoms with Gasteiger partial charge in [0, 0.05) is 24.9 Å². The molecule has 4 N–H and O–H groups in total. The van der Waals surface area contributed by atoms with E-state index in [2.05, 4.69) is 20.5 Å². The predicted octanol–water partition coefficient (Wildman–Crippen LogP) is -0.409. The van der Waals surface area contributed by atoms with Crippen molar-refractivity contribution in [1.29, 1.82) is 0 Å². The molecule has 0 aliphatic heterocycles. The smallest absolute Gasteiger partial charge is 0.223 e. The molecule has 6 nitrogen and oxygen atoms in total.